The van der Waals surface area contributed by atoms with Gasteiger partial charge in [-0.15, -0.1) is 0 Å². The van der Waals surface area contributed by atoms with Crippen LogP contribution in [0.3, 0.4) is 0 Å². The number of rotatable bonds is 7. The molecule has 116 valence electrons. The fourth-order valence-electron chi connectivity index (χ4n) is 2.48. The molecule has 1 aromatic rings. The lowest BCUT2D eigenvalue weighted by atomic mass is 10.00. The summed E-state index contributed by atoms with van der Waals surface area (Å²) >= 11 is 0. The third kappa shape index (κ3) is 5.15. The van der Waals surface area contributed by atoms with Gasteiger partial charge < -0.3 is 5.32 Å². The molecule has 1 rings (SSSR count). The molecule has 0 amide bonds. The van der Waals surface area contributed by atoms with Gasteiger partial charge in [0.1, 0.15) is 0 Å². The van der Waals surface area contributed by atoms with Crippen LogP contribution < -0.4 is 5.32 Å². The van der Waals surface area contributed by atoms with Crippen LogP contribution in [0.5, 0.6) is 0 Å². The van der Waals surface area contributed by atoms with Crippen molar-refractivity contribution in [3.8, 4) is 0 Å². The molecule has 1 N–H and O–H groups in total. The molecule has 1 aromatic heterocycles. The van der Waals surface area contributed by atoms with E-state index in [0.29, 0.717) is 6.42 Å². The number of hydrogen-bond acceptors (Lipinski definition) is 2. The predicted molar refractivity (Wildman–Crippen MR) is 73.8 cm³/mol. The number of halogens is 3. The first-order chi connectivity index (χ1) is 9.24. The lowest BCUT2D eigenvalue weighted by Gasteiger charge is -2.16. The highest BCUT2D eigenvalue weighted by molar-refractivity contribution is 5.24. The molecule has 0 radical (unpaired) electrons. The fraction of sp³-hybridized carbons (Fsp3) is 0.786. The third-order valence-corrected chi connectivity index (χ3v) is 3.82. The number of aryl methyl sites for hydroxylation is 2. The second kappa shape index (κ2) is 7.11. The minimum atomic E-state index is -4.05. The Balaban J connectivity index is 2.45. The Morgan fingerprint density at radius 3 is 2.35 bits per heavy atom. The van der Waals surface area contributed by atoms with E-state index in [1.165, 1.54) is 5.56 Å². The zero-order chi connectivity index (χ0) is 15.3. The summed E-state index contributed by atoms with van der Waals surface area (Å²) in [6, 6.07) is 0.122. The van der Waals surface area contributed by atoms with Crippen LogP contribution in [0.1, 0.15) is 42.6 Å². The van der Waals surface area contributed by atoms with Gasteiger partial charge in [0.15, 0.2) is 0 Å². The largest absolute Gasteiger partial charge is 0.389 e. The van der Waals surface area contributed by atoms with Crippen molar-refractivity contribution >= 4 is 0 Å². The van der Waals surface area contributed by atoms with E-state index in [9.17, 15) is 13.2 Å². The molecule has 0 fully saturated rings. The van der Waals surface area contributed by atoms with Crippen molar-refractivity contribution in [3.05, 3.63) is 17.0 Å². The summed E-state index contributed by atoms with van der Waals surface area (Å²) in [6.07, 6.45) is -2.33. The highest BCUT2D eigenvalue weighted by Crippen LogP contribution is 2.23. The molecule has 0 spiro atoms. The Hall–Kier alpha value is -1.04. The van der Waals surface area contributed by atoms with Crippen LogP contribution in [0.2, 0.25) is 0 Å². The molecule has 1 unspecified atom stereocenters. The van der Waals surface area contributed by atoms with Gasteiger partial charge >= 0.3 is 6.18 Å². The van der Waals surface area contributed by atoms with Gasteiger partial charge in [-0.3, -0.25) is 4.68 Å². The summed E-state index contributed by atoms with van der Waals surface area (Å²) in [5, 5.41) is 7.47. The SMILES string of the molecule is CNC(CCCC(F)(F)F)CCc1c(C)nn(C)c1C. The van der Waals surface area contributed by atoms with E-state index in [1.54, 1.807) is 7.05 Å². The molecule has 0 saturated carbocycles. The molecule has 20 heavy (non-hydrogen) atoms. The van der Waals surface area contributed by atoms with Crippen molar-refractivity contribution in [1.29, 1.82) is 0 Å². The van der Waals surface area contributed by atoms with E-state index in [1.807, 2.05) is 25.6 Å². The van der Waals surface area contributed by atoms with Crippen LogP contribution in [0.25, 0.3) is 0 Å². The van der Waals surface area contributed by atoms with Crippen molar-refractivity contribution in [2.75, 3.05) is 7.05 Å². The Bertz CT molecular complexity index is 424. The average molecular weight is 291 g/mol. The molecule has 1 atom stereocenters. The summed E-state index contributed by atoms with van der Waals surface area (Å²) in [7, 11) is 3.71. The number of hydrogen-bond donors (Lipinski definition) is 1. The number of nitrogens with one attached hydrogen (secondary N) is 1. The van der Waals surface area contributed by atoms with Gasteiger partial charge in [0, 0.05) is 25.2 Å². The van der Waals surface area contributed by atoms with Crippen molar-refractivity contribution in [2.24, 2.45) is 7.05 Å². The molecule has 0 saturated heterocycles. The summed E-state index contributed by atoms with van der Waals surface area (Å²) in [4.78, 5) is 0. The normalized spacial score (nSPS) is 13.8. The maximum atomic E-state index is 12.1. The van der Waals surface area contributed by atoms with Gasteiger partial charge in [0.05, 0.1) is 5.69 Å². The first-order valence-corrected chi connectivity index (χ1v) is 6.97. The van der Waals surface area contributed by atoms with Crippen molar-refractivity contribution in [2.45, 2.75) is 58.2 Å². The van der Waals surface area contributed by atoms with Gasteiger partial charge in [-0.05, 0) is 52.1 Å². The van der Waals surface area contributed by atoms with Crippen molar-refractivity contribution in [3.63, 3.8) is 0 Å². The Morgan fingerprint density at radius 1 is 1.25 bits per heavy atom. The quantitative estimate of drug-likeness (QED) is 0.835. The standard InChI is InChI=1S/C14H24F3N3/c1-10-13(11(2)20(4)19-10)8-7-12(18-3)6-5-9-14(15,16)17/h12,18H,5-9H2,1-4H3. The third-order valence-electron chi connectivity index (χ3n) is 3.82. The van der Waals surface area contributed by atoms with Gasteiger partial charge in [0.2, 0.25) is 0 Å². The van der Waals surface area contributed by atoms with Gasteiger partial charge in [0.25, 0.3) is 0 Å². The van der Waals surface area contributed by atoms with E-state index < -0.39 is 12.6 Å². The van der Waals surface area contributed by atoms with Crippen molar-refractivity contribution < 1.29 is 13.2 Å². The maximum Gasteiger partial charge on any atom is 0.389 e. The highest BCUT2D eigenvalue weighted by Gasteiger charge is 2.26. The smallest absolute Gasteiger partial charge is 0.317 e. The van der Waals surface area contributed by atoms with Crippen molar-refractivity contribution in [1.82, 2.24) is 15.1 Å². The van der Waals surface area contributed by atoms with Gasteiger partial charge in [-0.25, -0.2) is 0 Å². The van der Waals surface area contributed by atoms with Crippen LogP contribution in [0, 0.1) is 13.8 Å². The first kappa shape index (κ1) is 17.0. The number of nitrogens with zero attached hydrogens (tertiary/aromatic N) is 2. The molecule has 0 aromatic carbocycles. The Kier molecular flexibility index (Phi) is 6.05. The van der Waals surface area contributed by atoms with E-state index in [4.69, 9.17) is 0 Å². The first-order valence-electron chi connectivity index (χ1n) is 6.97. The zero-order valence-electron chi connectivity index (χ0n) is 12.6. The molecular formula is C14H24F3N3. The molecule has 0 bridgehead atoms. The zero-order valence-corrected chi connectivity index (χ0v) is 12.6. The summed E-state index contributed by atoms with van der Waals surface area (Å²) in [6.45, 7) is 3.99. The fourth-order valence-corrected chi connectivity index (χ4v) is 2.48. The second-order valence-corrected chi connectivity index (χ2v) is 5.30. The monoisotopic (exact) mass is 291 g/mol. The molecule has 0 aliphatic heterocycles. The van der Waals surface area contributed by atoms with E-state index in [0.717, 1.165) is 24.2 Å². The lowest BCUT2D eigenvalue weighted by molar-refractivity contribution is -0.135. The lowest BCUT2D eigenvalue weighted by Crippen LogP contribution is -2.26. The Morgan fingerprint density at radius 2 is 1.90 bits per heavy atom. The summed E-state index contributed by atoms with van der Waals surface area (Å²) in [5.41, 5.74) is 3.35. The molecule has 3 nitrogen and oxygen atoms in total. The molecule has 6 heteroatoms. The van der Waals surface area contributed by atoms with Crippen LogP contribution in [-0.4, -0.2) is 29.0 Å². The molecule has 0 aliphatic carbocycles. The minimum Gasteiger partial charge on any atom is -0.317 e. The Labute approximate surface area is 118 Å². The topological polar surface area (TPSA) is 29.9 Å². The molecule has 0 aliphatic rings. The minimum absolute atomic E-state index is 0.122. The second-order valence-electron chi connectivity index (χ2n) is 5.30. The van der Waals surface area contributed by atoms with Crippen LogP contribution >= 0.6 is 0 Å². The van der Waals surface area contributed by atoms with Crippen LogP contribution in [0.4, 0.5) is 13.2 Å². The number of alkyl halides is 3. The van der Waals surface area contributed by atoms with E-state index in [2.05, 4.69) is 10.4 Å². The average Bonchev–Trinajstić information content (AvgIpc) is 2.57. The highest BCUT2D eigenvalue weighted by atomic mass is 19.4. The van der Waals surface area contributed by atoms with E-state index >= 15 is 0 Å². The molecular weight excluding hydrogens is 267 g/mol. The van der Waals surface area contributed by atoms with Gasteiger partial charge in [-0.1, -0.05) is 0 Å². The summed E-state index contributed by atoms with van der Waals surface area (Å²) in [5.74, 6) is 0. The van der Waals surface area contributed by atoms with Crippen LogP contribution in [0.15, 0.2) is 0 Å². The molecule has 1 heterocycles. The van der Waals surface area contributed by atoms with E-state index in [-0.39, 0.29) is 12.5 Å². The maximum absolute atomic E-state index is 12.1. The van der Waals surface area contributed by atoms with Crippen LogP contribution in [-0.2, 0) is 13.5 Å². The predicted octanol–water partition coefficient (Wildman–Crippen LogP) is 3.29. The van der Waals surface area contributed by atoms with Gasteiger partial charge in [-0.2, -0.15) is 18.3 Å². The number of aromatic nitrogens is 2. The summed E-state index contributed by atoms with van der Waals surface area (Å²) < 4.78 is 38.3.